The van der Waals surface area contributed by atoms with Crippen LogP contribution in [0.2, 0.25) is 5.02 Å². The minimum atomic E-state index is -1.82. The van der Waals surface area contributed by atoms with Crippen LogP contribution in [0.1, 0.15) is 25.3 Å². The van der Waals surface area contributed by atoms with Gasteiger partial charge in [-0.3, -0.25) is 29.8 Å². The van der Waals surface area contributed by atoms with Crippen LogP contribution in [-0.4, -0.2) is 47.9 Å². The molecule has 37 heavy (non-hydrogen) atoms. The number of barbiturate groups is 1. The Morgan fingerprint density at radius 2 is 1.95 bits per heavy atom. The quantitative estimate of drug-likeness (QED) is 0.277. The van der Waals surface area contributed by atoms with Gasteiger partial charge in [0.15, 0.2) is 5.41 Å². The number of nitro benzene ring substituents is 1. The highest BCUT2D eigenvalue weighted by molar-refractivity contribution is 6.32. The number of nitro groups is 1. The number of hydrogen-bond acceptors (Lipinski definition) is 8. The molecule has 192 valence electrons. The first-order valence-electron chi connectivity index (χ1n) is 11.8. The van der Waals surface area contributed by atoms with Gasteiger partial charge in [-0.15, -0.1) is 0 Å². The number of ether oxygens (including phenoxy) is 1. The van der Waals surface area contributed by atoms with Crippen molar-refractivity contribution in [3.8, 4) is 0 Å². The lowest BCUT2D eigenvalue weighted by Gasteiger charge is -2.54. The van der Waals surface area contributed by atoms with E-state index >= 15 is 0 Å². The number of fused-ring (bicyclic) bond motifs is 4. The largest absolute Gasteiger partial charge is 0.466 e. The first-order valence-corrected chi connectivity index (χ1v) is 12.2. The highest BCUT2D eigenvalue weighted by Crippen LogP contribution is 2.49. The van der Waals surface area contributed by atoms with E-state index < -0.39 is 46.1 Å². The Balaban J connectivity index is 1.65. The summed E-state index contributed by atoms with van der Waals surface area (Å²) in [6, 6.07) is 8.65. The molecule has 0 saturated carbocycles. The molecule has 0 aliphatic carbocycles. The summed E-state index contributed by atoms with van der Waals surface area (Å²) in [4.78, 5) is 67.1. The van der Waals surface area contributed by atoms with Crippen LogP contribution in [0.15, 0.2) is 42.5 Å². The molecule has 0 radical (unpaired) electrons. The summed E-state index contributed by atoms with van der Waals surface area (Å²) in [7, 11) is 0. The lowest BCUT2D eigenvalue weighted by Crippen LogP contribution is -2.73. The second kappa shape index (κ2) is 9.15. The molecular formula is C25H23ClN4O7. The van der Waals surface area contributed by atoms with Crippen LogP contribution in [-0.2, 0) is 25.5 Å². The molecule has 1 spiro atoms. The van der Waals surface area contributed by atoms with Crippen molar-refractivity contribution in [3.05, 3.63) is 63.2 Å². The Kier molecular flexibility index (Phi) is 6.10. The molecule has 0 aromatic heterocycles. The first-order chi connectivity index (χ1) is 17.7. The van der Waals surface area contributed by atoms with E-state index in [2.05, 4.69) is 5.32 Å². The number of benzene rings is 2. The smallest absolute Gasteiger partial charge is 0.335 e. The maximum absolute atomic E-state index is 14.2. The summed E-state index contributed by atoms with van der Waals surface area (Å²) in [6.45, 7) is 2.21. The second-order valence-electron chi connectivity index (χ2n) is 9.28. The minimum Gasteiger partial charge on any atom is -0.466 e. The maximum Gasteiger partial charge on any atom is 0.335 e. The fourth-order valence-electron chi connectivity index (χ4n) is 5.65. The number of nitrogens with zero attached hydrogens (tertiary/aromatic N) is 3. The lowest BCUT2D eigenvalue weighted by molar-refractivity contribution is -0.384. The Bertz CT molecular complexity index is 1330. The van der Waals surface area contributed by atoms with Crippen molar-refractivity contribution >= 4 is 52.5 Å². The normalized spacial score (nSPS) is 24.9. The second-order valence-corrected chi connectivity index (χ2v) is 9.71. The lowest BCUT2D eigenvalue weighted by atomic mass is 9.64. The van der Waals surface area contributed by atoms with Crippen LogP contribution in [0.3, 0.4) is 0 Å². The summed E-state index contributed by atoms with van der Waals surface area (Å²) in [6.07, 6.45) is 0.372. The Morgan fingerprint density at radius 3 is 2.62 bits per heavy atom. The van der Waals surface area contributed by atoms with Gasteiger partial charge in [0.1, 0.15) is 0 Å². The van der Waals surface area contributed by atoms with Crippen molar-refractivity contribution in [1.29, 1.82) is 0 Å². The molecule has 2 aromatic rings. The van der Waals surface area contributed by atoms with Crippen molar-refractivity contribution in [1.82, 2.24) is 5.32 Å². The molecule has 3 atom stereocenters. The number of piperidine rings is 1. The molecule has 3 aliphatic rings. The number of esters is 1. The number of anilines is 2. The van der Waals surface area contributed by atoms with Gasteiger partial charge < -0.3 is 9.64 Å². The van der Waals surface area contributed by atoms with E-state index in [4.69, 9.17) is 16.3 Å². The third kappa shape index (κ3) is 3.90. The van der Waals surface area contributed by atoms with Crippen LogP contribution < -0.4 is 15.1 Å². The molecule has 3 heterocycles. The van der Waals surface area contributed by atoms with Crippen molar-refractivity contribution in [3.63, 3.8) is 0 Å². The Hall–Kier alpha value is -3.99. The number of carbonyl (C=O) groups is 4. The van der Waals surface area contributed by atoms with E-state index in [1.54, 1.807) is 13.0 Å². The van der Waals surface area contributed by atoms with E-state index in [1.807, 2.05) is 4.90 Å². The number of halogens is 1. The zero-order chi connectivity index (χ0) is 26.5. The number of rotatable bonds is 4. The van der Waals surface area contributed by atoms with E-state index in [0.29, 0.717) is 29.2 Å². The zero-order valence-corrected chi connectivity index (χ0v) is 20.6. The first kappa shape index (κ1) is 24.7. The van der Waals surface area contributed by atoms with Gasteiger partial charge in [-0.2, -0.15) is 0 Å². The number of nitrogens with one attached hydrogen (secondary N) is 1. The molecule has 2 aromatic carbocycles. The van der Waals surface area contributed by atoms with E-state index in [1.165, 1.54) is 36.4 Å². The van der Waals surface area contributed by atoms with Crippen LogP contribution in [0.4, 0.5) is 21.9 Å². The van der Waals surface area contributed by atoms with Gasteiger partial charge in [0, 0.05) is 35.8 Å². The van der Waals surface area contributed by atoms with E-state index in [-0.39, 0.29) is 30.8 Å². The topological polar surface area (TPSA) is 139 Å². The highest BCUT2D eigenvalue weighted by atomic mass is 35.5. The summed E-state index contributed by atoms with van der Waals surface area (Å²) in [5, 5.41) is 14.2. The van der Waals surface area contributed by atoms with E-state index in [9.17, 15) is 29.3 Å². The molecule has 11 nitrogen and oxygen atoms in total. The number of non-ortho nitro benzene ring substituents is 1. The minimum absolute atomic E-state index is 0.136. The average Bonchev–Trinajstić information content (AvgIpc) is 2.87. The van der Waals surface area contributed by atoms with Gasteiger partial charge in [-0.1, -0.05) is 11.6 Å². The molecule has 1 N–H and O–H groups in total. The molecule has 3 aliphatic heterocycles. The molecule has 0 bridgehead atoms. The summed E-state index contributed by atoms with van der Waals surface area (Å²) < 4.78 is 5.23. The molecule has 2 saturated heterocycles. The number of amides is 4. The summed E-state index contributed by atoms with van der Waals surface area (Å²) in [5.74, 6) is -2.54. The highest BCUT2D eigenvalue weighted by Gasteiger charge is 2.63. The van der Waals surface area contributed by atoms with Crippen molar-refractivity contribution in [2.75, 3.05) is 23.0 Å². The number of urea groups is 1. The number of imide groups is 2. The van der Waals surface area contributed by atoms with Gasteiger partial charge >= 0.3 is 12.0 Å². The molecule has 4 amide bonds. The molecule has 5 rings (SSSR count). The number of hydrogen-bond donors (Lipinski definition) is 1. The standard InChI is InChI=1S/C25H23ClN4O7/c1-2-37-21(31)14-9-10-28-19-8-7-18(30(35)36)11-15(19)13-25(20(28)12-14)22(32)27-24(34)29(23(25)33)17-5-3-16(26)4-6-17/h3-8,11,14,20H,2,9-10,12-13H2,1H3,(H,27,32,34)/t14-,20+,25-/m1/s1. The Labute approximate surface area is 216 Å². The van der Waals surface area contributed by atoms with Crippen molar-refractivity contribution in [2.45, 2.75) is 32.2 Å². The van der Waals surface area contributed by atoms with E-state index in [0.717, 1.165) is 4.90 Å². The third-order valence-electron chi connectivity index (χ3n) is 7.34. The molecule has 12 heteroatoms. The predicted molar refractivity (Wildman–Crippen MR) is 132 cm³/mol. The maximum atomic E-state index is 14.2. The SMILES string of the molecule is CCOC(=O)[C@@H]1CCN2c3ccc([N+](=O)[O-])cc3C[C@]3(C(=O)NC(=O)N(c4ccc(Cl)cc4)C3=O)[C@@H]2C1. The summed E-state index contributed by atoms with van der Waals surface area (Å²) >= 11 is 5.98. The van der Waals surface area contributed by atoms with Gasteiger partial charge in [-0.05, 0) is 55.7 Å². The monoisotopic (exact) mass is 526 g/mol. The van der Waals surface area contributed by atoms with Gasteiger partial charge in [-0.25, -0.2) is 9.69 Å². The van der Waals surface area contributed by atoms with Gasteiger partial charge in [0.25, 0.3) is 11.6 Å². The Morgan fingerprint density at radius 1 is 1.22 bits per heavy atom. The van der Waals surface area contributed by atoms with Crippen molar-refractivity contribution < 1.29 is 28.8 Å². The van der Waals surface area contributed by atoms with Crippen LogP contribution in [0, 0.1) is 21.4 Å². The molecule has 2 fully saturated rings. The van der Waals surface area contributed by atoms with Gasteiger partial charge in [0.05, 0.1) is 29.2 Å². The fraction of sp³-hybridized carbons (Fsp3) is 0.360. The predicted octanol–water partition coefficient (Wildman–Crippen LogP) is 3.22. The van der Waals surface area contributed by atoms with Crippen LogP contribution >= 0.6 is 11.6 Å². The fourth-order valence-corrected chi connectivity index (χ4v) is 5.77. The molecule has 0 unspecified atom stereocenters. The van der Waals surface area contributed by atoms with Crippen molar-refractivity contribution in [2.24, 2.45) is 11.3 Å². The van der Waals surface area contributed by atoms with Crippen LogP contribution in [0.5, 0.6) is 0 Å². The third-order valence-corrected chi connectivity index (χ3v) is 7.59. The van der Waals surface area contributed by atoms with Crippen LogP contribution in [0.25, 0.3) is 0 Å². The summed E-state index contributed by atoms with van der Waals surface area (Å²) in [5.41, 5.74) is -0.690. The zero-order valence-electron chi connectivity index (χ0n) is 19.8. The average molecular weight is 527 g/mol. The number of carbonyl (C=O) groups excluding carboxylic acids is 4. The molecular weight excluding hydrogens is 504 g/mol. The van der Waals surface area contributed by atoms with Gasteiger partial charge in [0.2, 0.25) is 5.91 Å².